The molecule has 0 spiro atoms. The summed E-state index contributed by atoms with van der Waals surface area (Å²) >= 11 is 0. The van der Waals surface area contributed by atoms with Gasteiger partial charge in [0, 0.05) is 20.3 Å². The van der Waals surface area contributed by atoms with Gasteiger partial charge >= 0.3 is 11.9 Å². The second-order valence-corrected chi connectivity index (χ2v) is 3.96. The van der Waals surface area contributed by atoms with Crippen LogP contribution in [0, 0.1) is 0 Å². The maximum Gasteiger partial charge on any atom is 0.303 e. The van der Waals surface area contributed by atoms with Crippen LogP contribution in [0.1, 0.15) is 26.7 Å². The summed E-state index contributed by atoms with van der Waals surface area (Å²) in [5.74, 6) is -0.815. The van der Waals surface area contributed by atoms with E-state index in [2.05, 4.69) is 13.2 Å². The predicted octanol–water partition coefficient (Wildman–Crippen LogP) is 2.02. The van der Waals surface area contributed by atoms with E-state index in [4.69, 9.17) is 14.2 Å². The van der Waals surface area contributed by atoms with Gasteiger partial charge in [-0.25, -0.2) is 0 Å². The minimum absolute atomic E-state index is 0.0399. The van der Waals surface area contributed by atoms with Gasteiger partial charge in [0.2, 0.25) is 0 Å². The molecule has 0 aromatic rings. The Morgan fingerprint density at radius 2 is 1.79 bits per heavy atom. The fraction of sp³-hybridized carbons (Fsp3) is 0.571. The van der Waals surface area contributed by atoms with Gasteiger partial charge in [-0.2, -0.15) is 0 Å². The van der Waals surface area contributed by atoms with Gasteiger partial charge in [-0.15, -0.1) is 13.2 Å². The lowest BCUT2D eigenvalue weighted by Gasteiger charge is -2.25. The Morgan fingerprint density at radius 3 is 2.26 bits per heavy atom. The number of hydrogen-bond donors (Lipinski definition) is 0. The molecule has 0 amide bonds. The van der Waals surface area contributed by atoms with Crippen LogP contribution in [0.15, 0.2) is 25.3 Å². The molecule has 0 aliphatic rings. The zero-order valence-electron chi connectivity index (χ0n) is 11.6. The molecular weight excluding hydrogens is 248 g/mol. The highest BCUT2D eigenvalue weighted by Gasteiger charge is 2.25. The highest BCUT2D eigenvalue weighted by molar-refractivity contribution is 5.66. The van der Waals surface area contributed by atoms with Crippen molar-refractivity contribution in [2.75, 3.05) is 13.2 Å². The first-order chi connectivity index (χ1) is 9.01. The van der Waals surface area contributed by atoms with E-state index in [0.717, 1.165) is 0 Å². The van der Waals surface area contributed by atoms with Crippen molar-refractivity contribution in [1.82, 2.24) is 0 Å². The molecule has 108 valence electrons. The maximum atomic E-state index is 11.1. The molecule has 5 heteroatoms. The van der Waals surface area contributed by atoms with Gasteiger partial charge in [0.1, 0.15) is 18.8 Å². The molecule has 0 saturated heterocycles. The fourth-order valence-corrected chi connectivity index (χ4v) is 1.42. The van der Waals surface area contributed by atoms with Crippen molar-refractivity contribution >= 4 is 11.9 Å². The van der Waals surface area contributed by atoms with Crippen molar-refractivity contribution in [1.29, 1.82) is 0 Å². The summed E-state index contributed by atoms with van der Waals surface area (Å²) in [4.78, 5) is 21.9. The van der Waals surface area contributed by atoms with Gasteiger partial charge in [-0.1, -0.05) is 12.2 Å². The molecule has 0 unspecified atom stereocenters. The van der Waals surface area contributed by atoms with Crippen molar-refractivity contribution in [3.05, 3.63) is 25.3 Å². The monoisotopic (exact) mass is 270 g/mol. The third kappa shape index (κ3) is 9.02. The molecule has 0 aromatic carbocycles. The van der Waals surface area contributed by atoms with Crippen LogP contribution >= 0.6 is 0 Å². The Kier molecular flexibility index (Phi) is 9.44. The molecule has 0 aliphatic carbocycles. The van der Waals surface area contributed by atoms with Crippen molar-refractivity contribution in [2.24, 2.45) is 0 Å². The summed E-state index contributed by atoms with van der Waals surface area (Å²) in [5.41, 5.74) is 0. The maximum absolute atomic E-state index is 11.1. The minimum Gasteiger partial charge on any atom is -0.463 e. The fourth-order valence-electron chi connectivity index (χ4n) is 1.42. The summed E-state index contributed by atoms with van der Waals surface area (Å²) in [6, 6.07) is 0. The van der Waals surface area contributed by atoms with Gasteiger partial charge in [0.25, 0.3) is 0 Å². The average Bonchev–Trinajstić information content (AvgIpc) is 2.32. The van der Waals surface area contributed by atoms with Gasteiger partial charge in [0.05, 0.1) is 6.61 Å². The van der Waals surface area contributed by atoms with Crippen LogP contribution in [0.5, 0.6) is 0 Å². The quantitative estimate of drug-likeness (QED) is 0.345. The Morgan fingerprint density at radius 1 is 1.11 bits per heavy atom. The molecule has 0 bridgehead atoms. The van der Waals surface area contributed by atoms with E-state index >= 15 is 0 Å². The lowest BCUT2D eigenvalue weighted by Crippen LogP contribution is -2.37. The summed E-state index contributed by atoms with van der Waals surface area (Å²) in [6.45, 7) is 10.3. The van der Waals surface area contributed by atoms with Crippen LogP contribution in [0.25, 0.3) is 0 Å². The van der Waals surface area contributed by atoms with Crippen LogP contribution in [-0.4, -0.2) is 37.4 Å². The Labute approximate surface area is 114 Å². The van der Waals surface area contributed by atoms with Gasteiger partial charge in [-0.05, 0) is 6.42 Å². The Hall–Kier alpha value is -1.62. The van der Waals surface area contributed by atoms with E-state index in [1.54, 1.807) is 12.2 Å². The predicted molar refractivity (Wildman–Crippen MR) is 71.6 cm³/mol. The number of hydrogen-bond acceptors (Lipinski definition) is 5. The molecule has 0 saturated carbocycles. The SMILES string of the molecule is C=CCCO[C@H](COC(C)=O)[C@@H](CC=C)OC(C)=O. The molecule has 0 aromatic heterocycles. The van der Waals surface area contributed by atoms with E-state index < -0.39 is 24.1 Å². The molecule has 19 heavy (non-hydrogen) atoms. The molecule has 0 aliphatic heterocycles. The normalized spacial score (nSPS) is 13.2. The van der Waals surface area contributed by atoms with Crippen molar-refractivity contribution in [2.45, 2.75) is 38.9 Å². The topological polar surface area (TPSA) is 61.8 Å². The van der Waals surface area contributed by atoms with Crippen LogP contribution in [0.3, 0.4) is 0 Å². The number of rotatable bonds is 10. The van der Waals surface area contributed by atoms with Crippen LogP contribution in [0.4, 0.5) is 0 Å². The van der Waals surface area contributed by atoms with Crippen molar-refractivity contribution < 1.29 is 23.8 Å². The second kappa shape index (κ2) is 10.3. The largest absolute Gasteiger partial charge is 0.463 e. The summed E-state index contributed by atoms with van der Waals surface area (Å²) in [6.07, 6.45) is 3.42. The molecule has 0 radical (unpaired) electrons. The zero-order valence-corrected chi connectivity index (χ0v) is 11.6. The van der Waals surface area contributed by atoms with E-state index in [9.17, 15) is 9.59 Å². The summed E-state index contributed by atoms with van der Waals surface area (Å²) in [7, 11) is 0. The molecule has 2 atom stereocenters. The molecule has 0 heterocycles. The molecule has 0 fully saturated rings. The summed E-state index contributed by atoms with van der Waals surface area (Å²) < 4.78 is 15.7. The van der Waals surface area contributed by atoms with Crippen LogP contribution in [0.2, 0.25) is 0 Å². The Balaban J connectivity index is 4.59. The van der Waals surface area contributed by atoms with Crippen molar-refractivity contribution in [3.63, 3.8) is 0 Å². The number of ether oxygens (including phenoxy) is 3. The minimum atomic E-state index is -0.515. The van der Waals surface area contributed by atoms with Gasteiger partial charge in [-0.3, -0.25) is 9.59 Å². The van der Waals surface area contributed by atoms with Crippen LogP contribution < -0.4 is 0 Å². The van der Waals surface area contributed by atoms with E-state index in [0.29, 0.717) is 19.4 Å². The molecule has 0 N–H and O–H groups in total. The smallest absolute Gasteiger partial charge is 0.303 e. The van der Waals surface area contributed by atoms with E-state index in [-0.39, 0.29) is 6.61 Å². The first-order valence-electron chi connectivity index (χ1n) is 6.15. The number of carbonyl (C=O) groups is 2. The standard InChI is InChI=1S/C14H22O5/c1-5-7-9-17-14(10-18-11(3)15)13(8-6-2)19-12(4)16/h5-6,13-14H,1-2,7-10H2,3-4H3/t13-,14-/m1/s1. The van der Waals surface area contributed by atoms with E-state index in [1.807, 2.05) is 0 Å². The average molecular weight is 270 g/mol. The molecule has 5 nitrogen and oxygen atoms in total. The highest BCUT2D eigenvalue weighted by atomic mass is 16.6. The van der Waals surface area contributed by atoms with E-state index in [1.165, 1.54) is 13.8 Å². The first-order valence-corrected chi connectivity index (χ1v) is 6.15. The Bertz CT molecular complexity index is 311. The highest BCUT2D eigenvalue weighted by Crippen LogP contribution is 2.11. The third-order valence-corrected chi connectivity index (χ3v) is 2.24. The molecular formula is C14H22O5. The molecule has 0 rings (SSSR count). The van der Waals surface area contributed by atoms with Gasteiger partial charge < -0.3 is 14.2 Å². The first kappa shape index (κ1) is 17.4. The zero-order chi connectivity index (χ0) is 14.7. The lowest BCUT2D eigenvalue weighted by atomic mass is 10.1. The number of carbonyl (C=O) groups excluding carboxylic acids is 2. The lowest BCUT2D eigenvalue weighted by molar-refractivity contribution is -0.162. The second-order valence-electron chi connectivity index (χ2n) is 3.96. The third-order valence-electron chi connectivity index (χ3n) is 2.24. The number of esters is 2. The summed E-state index contributed by atoms with van der Waals surface area (Å²) in [5, 5.41) is 0. The van der Waals surface area contributed by atoms with Gasteiger partial charge in [0.15, 0.2) is 0 Å². The van der Waals surface area contributed by atoms with Crippen molar-refractivity contribution in [3.8, 4) is 0 Å². The van der Waals surface area contributed by atoms with Crippen LogP contribution in [-0.2, 0) is 23.8 Å².